The Kier molecular flexibility index (Phi) is 13.3. The van der Waals surface area contributed by atoms with Gasteiger partial charge in [0.2, 0.25) is 20.0 Å². The molecule has 4 aromatic rings. The van der Waals surface area contributed by atoms with Crippen molar-refractivity contribution in [2.75, 3.05) is 39.4 Å². The van der Waals surface area contributed by atoms with E-state index in [4.69, 9.17) is 32.7 Å². The fourth-order valence-corrected chi connectivity index (χ4v) is 20.6. The van der Waals surface area contributed by atoms with Crippen molar-refractivity contribution in [2.45, 2.75) is 94.0 Å². The van der Waals surface area contributed by atoms with Crippen LogP contribution in [0.1, 0.15) is 75.3 Å². The summed E-state index contributed by atoms with van der Waals surface area (Å²) >= 11 is 11.9. The highest BCUT2D eigenvalue weighted by Crippen LogP contribution is 2.59. The molecule has 2 aliphatic carbocycles. The van der Waals surface area contributed by atoms with Crippen LogP contribution >= 0.6 is 23.2 Å². The summed E-state index contributed by atoms with van der Waals surface area (Å²) < 4.78 is 180. The Labute approximate surface area is 403 Å². The lowest BCUT2D eigenvalue weighted by molar-refractivity contribution is 0.125. The van der Waals surface area contributed by atoms with Crippen LogP contribution in [0.15, 0.2) is 82.6 Å². The van der Waals surface area contributed by atoms with E-state index >= 15 is 8.78 Å². The molecule has 22 heteroatoms. The lowest BCUT2D eigenvalue weighted by atomic mass is 9.73. The minimum Gasteiger partial charge on any atom is -0.490 e. The lowest BCUT2D eigenvalue weighted by Crippen LogP contribution is -2.55. The van der Waals surface area contributed by atoms with Gasteiger partial charge < -0.3 is 9.47 Å². The number of sulfone groups is 2. The molecule has 0 spiro atoms. The van der Waals surface area contributed by atoms with E-state index in [0.717, 1.165) is 49.9 Å². The highest BCUT2D eigenvalue weighted by Gasteiger charge is 2.63. The van der Waals surface area contributed by atoms with Crippen LogP contribution < -0.4 is 9.47 Å². The second kappa shape index (κ2) is 18.3. The Morgan fingerprint density at radius 2 is 0.809 bits per heavy atom. The van der Waals surface area contributed by atoms with E-state index in [1.54, 1.807) is 0 Å². The van der Waals surface area contributed by atoms with Gasteiger partial charge in [-0.2, -0.15) is 0 Å². The van der Waals surface area contributed by atoms with Gasteiger partial charge in [-0.05, 0) is 137 Å². The summed E-state index contributed by atoms with van der Waals surface area (Å²) in [6, 6.07) is 14.6. The summed E-state index contributed by atoms with van der Waals surface area (Å²) in [7, 11) is -15.9. The molecule has 0 unspecified atom stereocenters. The van der Waals surface area contributed by atoms with Crippen molar-refractivity contribution in [3.05, 3.63) is 117 Å². The molecule has 6 atom stereocenters. The molecule has 0 aromatic heterocycles. The van der Waals surface area contributed by atoms with Gasteiger partial charge in [-0.15, -0.1) is 0 Å². The first-order chi connectivity index (χ1) is 32.2. The first kappa shape index (κ1) is 49.5. The number of rotatable bonds is 8. The van der Waals surface area contributed by atoms with Gasteiger partial charge in [-0.3, -0.25) is 0 Å². The molecule has 0 N–H and O–H groups in total. The van der Waals surface area contributed by atoms with Crippen LogP contribution in [0.5, 0.6) is 11.5 Å². The van der Waals surface area contributed by atoms with E-state index in [0.29, 0.717) is 36.2 Å². The molecule has 6 aliphatic rings. The SMILES string of the molecule is O=S(=O)([C@@H]1CC[C@@]2(S(=O)(=O)c3ccc(Cl)cc3)c3c(F)ccc(F)c3OC[C@H]2C1)N1CCCC1.O=S(=O)([C@H]1CC[C@@]2(S(=O)(=O)c3ccc(Cl)cc3)c3c(F)ccc(F)c3OC[C@H]2C1)N1CCCC1. The predicted molar refractivity (Wildman–Crippen MR) is 246 cm³/mol. The molecule has 4 aliphatic heterocycles. The number of fused-ring (bicyclic) bond motifs is 6. The van der Waals surface area contributed by atoms with Crippen molar-refractivity contribution in [3.8, 4) is 11.5 Å². The lowest BCUT2D eigenvalue weighted by Gasteiger charge is -2.49. The Balaban J connectivity index is 0.000000170. The van der Waals surface area contributed by atoms with Gasteiger partial charge in [-0.1, -0.05) is 23.2 Å². The number of benzene rings is 4. The van der Waals surface area contributed by atoms with E-state index in [9.17, 15) is 42.5 Å². The third-order valence-electron chi connectivity index (χ3n) is 14.8. The van der Waals surface area contributed by atoms with Gasteiger partial charge in [0.05, 0.1) is 44.6 Å². The Hall–Kier alpha value is -3.50. The first-order valence-corrected chi connectivity index (χ1v) is 29.1. The van der Waals surface area contributed by atoms with E-state index in [1.807, 2.05) is 0 Å². The molecular weight excluding hydrogens is 1020 g/mol. The molecule has 68 heavy (non-hydrogen) atoms. The maximum Gasteiger partial charge on any atom is 0.216 e. The van der Waals surface area contributed by atoms with Crippen LogP contribution in [-0.2, 0) is 49.2 Å². The molecule has 12 nitrogen and oxygen atoms in total. The van der Waals surface area contributed by atoms with E-state index < -0.39 is 106 Å². The van der Waals surface area contributed by atoms with E-state index in [2.05, 4.69) is 0 Å². The van der Waals surface area contributed by atoms with Crippen LogP contribution in [0.4, 0.5) is 17.6 Å². The minimum absolute atomic E-state index is 0.0115. The maximum absolute atomic E-state index is 15.3. The molecule has 4 heterocycles. The van der Waals surface area contributed by atoms with Crippen molar-refractivity contribution >= 4 is 62.9 Å². The van der Waals surface area contributed by atoms with Crippen LogP contribution in [0.3, 0.4) is 0 Å². The fraction of sp³-hybridized carbons (Fsp3) is 0.478. The van der Waals surface area contributed by atoms with Gasteiger partial charge >= 0.3 is 0 Å². The first-order valence-electron chi connectivity index (χ1n) is 22.4. The average molecular weight is 1060 g/mol. The zero-order chi connectivity index (χ0) is 48.6. The molecular formula is C46H48Cl2F4N2O10S4. The summed E-state index contributed by atoms with van der Waals surface area (Å²) in [5, 5.41) is -0.965. The number of halogens is 6. The second-order valence-electron chi connectivity index (χ2n) is 18.3. The van der Waals surface area contributed by atoms with E-state index in [-0.39, 0.29) is 72.7 Å². The number of hydrogen-bond donors (Lipinski definition) is 0. The minimum atomic E-state index is -4.29. The van der Waals surface area contributed by atoms with Gasteiger partial charge in [0.25, 0.3) is 0 Å². The van der Waals surface area contributed by atoms with Crippen molar-refractivity contribution in [2.24, 2.45) is 11.8 Å². The van der Waals surface area contributed by atoms with Gasteiger partial charge in [0.15, 0.2) is 42.8 Å². The monoisotopic (exact) mass is 1060 g/mol. The topological polar surface area (TPSA) is 161 Å². The normalized spacial score (nSPS) is 27.6. The molecule has 0 radical (unpaired) electrons. The molecule has 0 bridgehead atoms. The van der Waals surface area contributed by atoms with Crippen LogP contribution in [0.2, 0.25) is 10.0 Å². The third kappa shape index (κ3) is 7.94. The predicted octanol–water partition coefficient (Wildman–Crippen LogP) is 8.55. The summed E-state index contributed by atoms with van der Waals surface area (Å²) in [6.45, 7) is 1.31. The smallest absolute Gasteiger partial charge is 0.216 e. The zero-order valence-corrected chi connectivity index (χ0v) is 41.2. The highest BCUT2D eigenvalue weighted by molar-refractivity contribution is 7.93. The standard InChI is InChI=1S/2C23H24ClF2NO5S2/c2*24-16-3-5-17(6-4-16)33(28,29)23-10-9-18(34(30,31)27-11-1-2-12-27)13-15(23)14-32-22-20(26)8-7-19(25)21(22)23/h2*3-8,15,18H,1-2,9-14H2/t15-,18+,23+;15-,18-,23+/m11/s1. The van der Waals surface area contributed by atoms with Crippen LogP contribution in [0, 0.1) is 35.1 Å². The summed E-state index contributed by atoms with van der Waals surface area (Å²) in [4.78, 5) is -0.168. The van der Waals surface area contributed by atoms with Crippen molar-refractivity contribution < 1.29 is 60.7 Å². The molecule has 2 saturated carbocycles. The summed E-state index contributed by atoms with van der Waals surface area (Å²) in [5.74, 6) is -6.09. The third-order valence-corrected chi connectivity index (χ3v) is 25.2. The van der Waals surface area contributed by atoms with Gasteiger partial charge in [0.1, 0.15) is 21.1 Å². The van der Waals surface area contributed by atoms with Crippen LogP contribution in [-0.4, -0.2) is 92.2 Å². The van der Waals surface area contributed by atoms with Gasteiger partial charge in [0, 0.05) is 48.1 Å². The molecule has 10 rings (SSSR count). The number of ether oxygens (including phenoxy) is 2. The molecule has 0 amide bonds. The molecule has 368 valence electrons. The largest absolute Gasteiger partial charge is 0.490 e. The highest BCUT2D eigenvalue weighted by atomic mass is 35.5. The van der Waals surface area contributed by atoms with Crippen LogP contribution in [0.25, 0.3) is 0 Å². The maximum atomic E-state index is 15.3. The summed E-state index contributed by atoms with van der Waals surface area (Å²) in [6.07, 6.45) is 2.76. The number of nitrogens with zero attached hydrogens (tertiary/aromatic N) is 2. The second-order valence-corrected chi connectivity index (χ2v) is 28.0. The number of sulfonamides is 2. The Morgan fingerprint density at radius 1 is 0.485 bits per heavy atom. The average Bonchev–Trinajstić information content (AvgIpc) is 4.08. The van der Waals surface area contributed by atoms with E-state index in [1.165, 1.54) is 57.1 Å². The number of hydrogen-bond acceptors (Lipinski definition) is 10. The zero-order valence-electron chi connectivity index (χ0n) is 36.4. The summed E-state index contributed by atoms with van der Waals surface area (Å²) in [5.41, 5.74) is -0.702. The fourth-order valence-electron chi connectivity index (χ4n) is 11.5. The van der Waals surface area contributed by atoms with Crippen molar-refractivity contribution in [3.63, 3.8) is 0 Å². The Morgan fingerprint density at radius 3 is 1.15 bits per heavy atom. The van der Waals surface area contributed by atoms with Gasteiger partial charge in [-0.25, -0.2) is 59.8 Å². The molecule has 4 fully saturated rings. The quantitative estimate of drug-likeness (QED) is 0.156. The molecule has 4 aromatic carbocycles. The molecule has 2 saturated heterocycles. The van der Waals surface area contributed by atoms with Crippen molar-refractivity contribution in [1.29, 1.82) is 0 Å². The van der Waals surface area contributed by atoms with Crippen molar-refractivity contribution in [1.82, 2.24) is 8.61 Å². The Bertz CT molecular complexity index is 2860.